The second-order valence-corrected chi connectivity index (χ2v) is 16.4. The number of benzene rings is 7. The molecule has 0 radical (unpaired) electrons. The number of fused-ring (bicyclic) bond motifs is 10. The molecule has 3 aliphatic rings. The van der Waals surface area contributed by atoms with Crippen LogP contribution in [0.4, 0.5) is 34.1 Å². The van der Waals surface area contributed by atoms with Crippen LogP contribution >= 0.6 is 11.3 Å². The fourth-order valence-electron chi connectivity index (χ4n) is 9.26. The van der Waals surface area contributed by atoms with Gasteiger partial charge in [0.2, 0.25) is 0 Å². The summed E-state index contributed by atoms with van der Waals surface area (Å²) in [6, 6.07) is 53.5. The topological polar surface area (TPSA) is 15.7 Å². The summed E-state index contributed by atoms with van der Waals surface area (Å²) in [6.45, 7) is 9.40. The highest BCUT2D eigenvalue weighted by molar-refractivity contribution is 7.26. The molecule has 0 unspecified atom stereocenters. The van der Waals surface area contributed by atoms with Gasteiger partial charge in [0.15, 0.2) is 11.5 Å². The minimum absolute atomic E-state index is 0.138. The Morgan fingerprint density at radius 1 is 0.538 bits per heavy atom. The van der Waals surface area contributed by atoms with Gasteiger partial charge in [0, 0.05) is 32.0 Å². The summed E-state index contributed by atoms with van der Waals surface area (Å²) in [7, 11) is 0. The zero-order valence-electron chi connectivity index (χ0n) is 29.6. The van der Waals surface area contributed by atoms with Crippen molar-refractivity contribution in [1.82, 2.24) is 0 Å². The number of para-hydroxylation sites is 3. The first-order chi connectivity index (χ1) is 25.3. The molecule has 4 heteroatoms. The Kier molecular flexibility index (Phi) is 5.95. The third-order valence-corrected chi connectivity index (χ3v) is 13.0. The Balaban J connectivity index is 1.22. The van der Waals surface area contributed by atoms with E-state index in [1.165, 1.54) is 59.2 Å². The Bertz CT molecular complexity index is 2810. The summed E-state index contributed by atoms with van der Waals surface area (Å²) in [6.07, 6.45) is 0. The van der Waals surface area contributed by atoms with Gasteiger partial charge in [-0.3, -0.25) is 0 Å². The molecule has 0 N–H and O–H groups in total. The standard InChI is InChI=1S/C48H36N2OS/c1-47(2)34-17-7-5-14-30(34)31-25-24-29(28-37(31)47)49(41-21-13-16-33-32-15-6-12-23-43(32)52-46(33)41)40-27-26-36-44-45(40)51-42-22-11-10-20-39(42)50(44)38-19-9-8-18-35(38)48(36,3)4/h5-28H,1-4H3. The first kappa shape index (κ1) is 29.8. The molecule has 250 valence electrons. The first-order valence-corrected chi connectivity index (χ1v) is 18.9. The molecule has 0 spiro atoms. The van der Waals surface area contributed by atoms with Gasteiger partial charge in [-0.05, 0) is 81.9 Å². The molecule has 52 heavy (non-hydrogen) atoms. The lowest BCUT2D eigenvalue weighted by Crippen LogP contribution is -2.32. The molecule has 0 bridgehead atoms. The molecule has 2 aliphatic heterocycles. The average Bonchev–Trinajstić information content (AvgIpc) is 3.66. The number of ether oxygens (including phenoxy) is 1. The second kappa shape index (κ2) is 10.4. The van der Waals surface area contributed by atoms with Crippen LogP contribution in [0, 0.1) is 0 Å². The van der Waals surface area contributed by atoms with E-state index in [4.69, 9.17) is 4.74 Å². The van der Waals surface area contributed by atoms with E-state index in [9.17, 15) is 0 Å². The maximum Gasteiger partial charge on any atom is 0.175 e. The summed E-state index contributed by atoms with van der Waals surface area (Å²) in [5.41, 5.74) is 14.2. The van der Waals surface area contributed by atoms with Crippen molar-refractivity contribution in [1.29, 1.82) is 0 Å². The molecule has 7 aromatic carbocycles. The van der Waals surface area contributed by atoms with Crippen molar-refractivity contribution < 1.29 is 4.74 Å². The minimum Gasteiger partial charge on any atom is -0.451 e. The molecule has 3 nitrogen and oxygen atoms in total. The van der Waals surface area contributed by atoms with Crippen molar-refractivity contribution in [2.45, 2.75) is 38.5 Å². The summed E-state index contributed by atoms with van der Waals surface area (Å²) < 4.78 is 9.71. The highest BCUT2D eigenvalue weighted by atomic mass is 32.1. The monoisotopic (exact) mass is 688 g/mol. The van der Waals surface area contributed by atoms with E-state index in [-0.39, 0.29) is 10.8 Å². The van der Waals surface area contributed by atoms with Crippen molar-refractivity contribution in [2.75, 3.05) is 9.80 Å². The molecule has 3 heterocycles. The number of anilines is 6. The molecule has 8 aromatic rings. The van der Waals surface area contributed by atoms with Crippen LogP contribution in [0.3, 0.4) is 0 Å². The van der Waals surface area contributed by atoms with Crippen molar-refractivity contribution in [2.24, 2.45) is 0 Å². The van der Waals surface area contributed by atoms with Gasteiger partial charge < -0.3 is 14.5 Å². The minimum atomic E-state index is -0.231. The quantitative estimate of drug-likeness (QED) is 0.184. The Labute approximate surface area is 308 Å². The molecule has 11 rings (SSSR count). The van der Waals surface area contributed by atoms with Crippen LogP contribution in [0.2, 0.25) is 0 Å². The molecular weight excluding hydrogens is 653 g/mol. The van der Waals surface area contributed by atoms with E-state index in [1.54, 1.807) is 0 Å². The predicted octanol–water partition coefficient (Wildman–Crippen LogP) is 14.0. The van der Waals surface area contributed by atoms with E-state index in [2.05, 4.69) is 183 Å². The Morgan fingerprint density at radius 2 is 1.23 bits per heavy atom. The van der Waals surface area contributed by atoms with Gasteiger partial charge in [-0.1, -0.05) is 125 Å². The SMILES string of the molecule is CC1(C)c2ccccc2-c2ccc(N(c3ccc4c5c3Oc3ccccc3N5c3ccccc3C4(C)C)c3cccc4c3sc3ccccc34)cc21. The maximum absolute atomic E-state index is 7.16. The van der Waals surface area contributed by atoms with Gasteiger partial charge in [-0.2, -0.15) is 0 Å². The van der Waals surface area contributed by atoms with Crippen LogP contribution in [0.25, 0.3) is 31.3 Å². The fraction of sp³-hybridized carbons (Fsp3) is 0.125. The number of rotatable bonds is 3. The van der Waals surface area contributed by atoms with Crippen LogP contribution in [0.5, 0.6) is 11.5 Å². The van der Waals surface area contributed by atoms with E-state index < -0.39 is 0 Å². The number of hydrogen-bond donors (Lipinski definition) is 0. The van der Waals surface area contributed by atoms with Gasteiger partial charge in [0.25, 0.3) is 0 Å². The molecule has 1 aromatic heterocycles. The summed E-state index contributed by atoms with van der Waals surface area (Å²) in [5, 5.41) is 2.56. The predicted molar refractivity (Wildman–Crippen MR) is 218 cm³/mol. The molecule has 0 atom stereocenters. The highest BCUT2D eigenvalue weighted by Gasteiger charge is 2.43. The van der Waals surface area contributed by atoms with Gasteiger partial charge in [0.05, 0.1) is 33.1 Å². The van der Waals surface area contributed by atoms with E-state index in [0.717, 1.165) is 39.9 Å². The van der Waals surface area contributed by atoms with Crippen LogP contribution in [0.15, 0.2) is 146 Å². The van der Waals surface area contributed by atoms with Gasteiger partial charge in [-0.25, -0.2) is 0 Å². The summed E-state index contributed by atoms with van der Waals surface area (Å²) in [4.78, 5) is 4.90. The van der Waals surface area contributed by atoms with Gasteiger partial charge in [-0.15, -0.1) is 11.3 Å². The summed E-state index contributed by atoms with van der Waals surface area (Å²) >= 11 is 1.86. The molecule has 0 saturated carbocycles. The normalized spacial score (nSPS) is 15.3. The van der Waals surface area contributed by atoms with E-state index in [0.29, 0.717) is 0 Å². The lowest BCUT2D eigenvalue weighted by atomic mass is 9.73. The Morgan fingerprint density at radius 3 is 2.12 bits per heavy atom. The fourth-order valence-corrected chi connectivity index (χ4v) is 10.5. The second-order valence-electron chi connectivity index (χ2n) is 15.3. The largest absolute Gasteiger partial charge is 0.451 e. The van der Waals surface area contributed by atoms with E-state index >= 15 is 0 Å². The molecule has 0 saturated heterocycles. The van der Waals surface area contributed by atoms with Gasteiger partial charge in [0.1, 0.15) is 0 Å². The first-order valence-electron chi connectivity index (χ1n) is 18.1. The van der Waals surface area contributed by atoms with Crippen molar-refractivity contribution >= 4 is 65.6 Å². The third-order valence-electron chi connectivity index (χ3n) is 11.8. The average molecular weight is 689 g/mol. The molecular formula is C48H36N2OS. The molecule has 0 amide bonds. The van der Waals surface area contributed by atoms with E-state index in [1.807, 2.05) is 11.3 Å². The van der Waals surface area contributed by atoms with Crippen LogP contribution in [-0.2, 0) is 10.8 Å². The molecule has 0 fully saturated rings. The van der Waals surface area contributed by atoms with Gasteiger partial charge >= 0.3 is 0 Å². The Hall–Kier alpha value is -5.84. The smallest absolute Gasteiger partial charge is 0.175 e. The zero-order valence-corrected chi connectivity index (χ0v) is 30.4. The third kappa shape index (κ3) is 3.85. The number of nitrogens with zero attached hydrogens (tertiary/aromatic N) is 2. The van der Waals surface area contributed by atoms with Crippen molar-refractivity contribution in [3.63, 3.8) is 0 Å². The zero-order chi connectivity index (χ0) is 34.9. The van der Waals surface area contributed by atoms with Crippen LogP contribution in [0.1, 0.15) is 49.9 Å². The lowest BCUT2D eigenvalue weighted by molar-refractivity contribution is 0.472. The van der Waals surface area contributed by atoms with Crippen LogP contribution < -0.4 is 14.5 Å². The molecule has 1 aliphatic carbocycles. The van der Waals surface area contributed by atoms with Crippen molar-refractivity contribution in [3.05, 3.63) is 168 Å². The lowest BCUT2D eigenvalue weighted by Gasteiger charge is -2.45. The van der Waals surface area contributed by atoms with Crippen LogP contribution in [-0.4, -0.2) is 0 Å². The highest BCUT2D eigenvalue weighted by Crippen LogP contribution is 2.63. The maximum atomic E-state index is 7.16. The number of hydrogen-bond acceptors (Lipinski definition) is 4. The number of thiophene rings is 1. The van der Waals surface area contributed by atoms with Crippen molar-refractivity contribution in [3.8, 4) is 22.6 Å². The summed E-state index contributed by atoms with van der Waals surface area (Å²) in [5.74, 6) is 1.73.